The topological polar surface area (TPSA) is 55.8 Å². The highest BCUT2D eigenvalue weighted by atomic mass is 16.5. The number of ketones is 1. The van der Waals surface area contributed by atoms with E-state index in [0.717, 1.165) is 24.0 Å². The molecule has 0 bridgehead atoms. The summed E-state index contributed by atoms with van der Waals surface area (Å²) in [6, 6.07) is 11.5. The van der Waals surface area contributed by atoms with Crippen LogP contribution in [0.25, 0.3) is 6.08 Å². The van der Waals surface area contributed by atoms with Crippen molar-refractivity contribution in [1.29, 1.82) is 0 Å². The minimum absolute atomic E-state index is 0.0155. The third kappa shape index (κ3) is 5.50. The standard InChI is InChI=1S/C25H29NO4/c1-4-29-24-15-18(10-14-23(24)30-17-25(28)26(2)3)9-13-22(27)21-12-11-19-7-5-6-8-20(19)16-21/h9-16H,4-8,17H2,1-3H3/b13-9+. The van der Waals surface area contributed by atoms with Gasteiger partial charge in [0.05, 0.1) is 6.61 Å². The van der Waals surface area contributed by atoms with Gasteiger partial charge in [0.25, 0.3) is 5.91 Å². The summed E-state index contributed by atoms with van der Waals surface area (Å²) in [6.07, 6.45) is 7.94. The Morgan fingerprint density at radius 1 is 0.967 bits per heavy atom. The Kier molecular flexibility index (Phi) is 7.28. The lowest BCUT2D eigenvalue weighted by Gasteiger charge is -2.15. The van der Waals surface area contributed by atoms with E-state index in [0.29, 0.717) is 18.1 Å². The van der Waals surface area contributed by atoms with Gasteiger partial charge in [0.15, 0.2) is 23.9 Å². The van der Waals surface area contributed by atoms with E-state index in [1.54, 1.807) is 32.3 Å². The molecule has 0 saturated heterocycles. The molecule has 0 spiro atoms. The number of fused-ring (bicyclic) bond motifs is 1. The van der Waals surface area contributed by atoms with Gasteiger partial charge in [-0.3, -0.25) is 9.59 Å². The van der Waals surface area contributed by atoms with Crippen molar-refractivity contribution in [2.45, 2.75) is 32.6 Å². The molecular formula is C25H29NO4. The Balaban J connectivity index is 1.72. The van der Waals surface area contributed by atoms with Crippen LogP contribution in [0.15, 0.2) is 42.5 Å². The fourth-order valence-electron chi connectivity index (χ4n) is 3.44. The summed E-state index contributed by atoms with van der Waals surface area (Å²) < 4.78 is 11.3. The summed E-state index contributed by atoms with van der Waals surface area (Å²) in [7, 11) is 3.37. The minimum atomic E-state index is -0.128. The van der Waals surface area contributed by atoms with E-state index in [2.05, 4.69) is 6.07 Å². The maximum absolute atomic E-state index is 12.6. The number of hydrogen-bond donors (Lipinski definition) is 0. The predicted octanol–water partition coefficient (Wildman–Crippen LogP) is 4.33. The van der Waals surface area contributed by atoms with Crippen LogP contribution in [-0.2, 0) is 17.6 Å². The summed E-state index contributed by atoms with van der Waals surface area (Å²) in [5, 5.41) is 0. The molecule has 0 radical (unpaired) electrons. The molecule has 2 aromatic carbocycles. The summed E-state index contributed by atoms with van der Waals surface area (Å²) in [5.74, 6) is 0.910. The molecule has 5 heteroatoms. The van der Waals surface area contributed by atoms with Gasteiger partial charge in [-0.05, 0) is 73.6 Å². The second-order valence-corrected chi connectivity index (χ2v) is 7.60. The Hall–Kier alpha value is -3.08. The first-order chi connectivity index (χ1) is 14.5. The SMILES string of the molecule is CCOc1cc(/C=C/C(=O)c2ccc3c(c2)CCCC3)ccc1OCC(=O)N(C)C. The molecule has 0 aromatic heterocycles. The number of nitrogens with zero attached hydrogens (tertiary/aromatic N) is 1. The van der Waals surface area contributed by atoms with Crippen LogP contribution in [0.5, 0.6) is 11.5 Å². The van der Waals surface area contributed by atoms with Crippen LogP contribution >= 0.6 is 0 Å². The lowest BCUT2D eigenvalue weighted by atomic mass is 9.90. The highest BCUT2D eigenvalue weighted by Crippen LogP contribution is 2.29. The van der Waals surface area contributed by atoms with E-state index in [4.69, 9.17) is 9.47 Å². The van der Waals surface area contributed by atoms with Gasteiger partial charge in [-0.2, -0.15) is 0 Å². The van der Waals surface area contributed by atoms with Crippen molar-refractivity contribution in [2.24, 2.45) is 0 Å². The molecule has 0 unspecified atom stereocenters. The molecule has 158 valence electrons. The van der Waals surface area contributed by atoms with Gasteiger partial charge in [-0.25, -0.2) is 0 Å². The highest BCUT2D eigenvalue weighted by molar-refractivity contribution is 6.07. The number of amides is 1. The molecule has 1 aliphatic carbocycles. The van der Waals surface area contributed by atoms with Gasteiger partial charge >= 0.3 is 0 Å². The summed E-state index contributed by atoms with van der Waals surface area (Å²) >= 11 is 0. The third-order valence-electron chi connectivity index (χ3n) is 5.18. The number of carbonyl (C=O) groups is 2. The maximum Gasteiger partial charge on any atom is 0.259 e. The molecule has 0 N–H and O–H groups in total. The Morgan fingerprint density at radius 2 is 1.73 bits per heavy atom. The van der Waals surface area contributed by atoms with Gasteiger partial charge in [0.2, 0.25) is 0 Å². The first kappa shape index (κ1) is 21.6. The van der Waals surface area contributed by atoms with Crippen molar-refractivity contribution >= 4 is 17.8 Å². The Morgan fingerprint density at radius 3 is 2.47 bits per heavy atom. The molecule has 0 fully saturated rings. The number of allylic oxidation sites excluding steroid dienone is 1. The van der Waals surface area contributed by atoms with E-state index in [1.165, 1.54) is 28.9 Å². The van der Waals surface area contributed by atoms with Crippen LogP contribution in [0.4, 0.5) is 0 Å². The first-order valence-corrected chi connectivity index (χ1v) is 10.4. The normalized spacial score (nSPS) is 13.0. The molecule has 3 rings (SSSR count). The smallest absolute Gasteiger partial charge is 0.259 e. The molecule has 0 saturated carbocycles. The average molecular weight is 408 g/mol. The van der Waals surface area contributed by atoms with E-state index < -0.39 is 0 Å². The molecular weight excluding hydrogens is 378 g/mol. The first-order valence-electron chi connectivity index (χ1n) is 10.4. The monoisotopic (exact) mass is 407 g/mol. The molecule has 0 atom stereocenters. The maximum atomic E-state index is 12.6. The number of ether oxygens (including phenoxy) is 2. The fraction of sp³-hybridized carbons (Fsp3) is 0.360. The fourth-order valence-corrected chi connectivity index (χ4v) is 3.44. The van der Waals surface area contributed by atoms with Crippen LogP contribution in [0.1, 0.15) is 46.8 Å². The van der Waals surface area contributed by atoms with Crippen molar-refractivity contribution in [1.82, 2.24) is 4.90 Å². The van der Waals surface area contributed by atoms with Crippen molar-refractivity contribution in [2.75, 3.05) is 27.3 Å². The zero-order valence-electron chi connectivity index (χ0n) is 17.9. The van der Waals surface area contributed by atoms with Crippen LogP contribution in [0.2, 0.25) is 0 Å². The molecule has 1 amide bonds. The number of benzene rings is 2. The zero-order valence-corrected chi connectivity index (χ0v) is 17.9. The average Bonchev–Trinajstić information content (AvgIpc) is 2.76. The lowest BCUT2D eigenvalue weighted by molar-refractivity contribution is -0.130. The number of likely N-dealkylation sites (N-methyl/N-ethyl adjacent to an activating group) is 1. The van der Waals surface area contributed by atoms with Crippen LogP contribution in [0, 0.1) is 0 Å². The summed E-state index contributed by atoms with van der Waals surface area (Å²) in [5.41, 5.74) is 4.22. The Labute approximate surface area is 178 Å². The van der Waals surface area contributed by atoms with Crippen molar-refractivity contribution < 1.29 is 19.1 Å². The second kappa shape index (κ2) is 10.1. The number of hydrogen-bond acceptors (Lipinski definition) is 4. The van der Waals surface area contributed by atoms with E-state index in [9.17, 15) is 9.59 Å². The van der Waals surface area contributed by atoms with Crippen molar-refractivity contribution in [3.05, 3.63) is 64.7 Å². The molecule has 0 heterocycles. The zero-order chi connectivity index (χ0) is 21.5. The van der Waals surface area contributed by atoms with Gasteiger partial charge in [0.1, 0.15) is 0 Å². The van der Waals surface area contributed by atoms with Crippen molar-refractivity contribution in [3.8, 4) is 11.5 Å². The van der Waals surface area contributed by atoms with E-state index >= 15 is 0 Å². The summed E-state index contributed by atoms with van der Waals surface area (Å²) in [6.45, 7) is 2.30. The van der Waals surface area contributed by atoms with Gasteiger partial charge in [0, 0.05) is 19.7 Å². The minimum Gasteiger partial charge on any atom is -0.490 e. The number of rotatable bonds is 8. The van der Waals surface area contributed by atoms with E-state index in [1.807, 2.05) is 31.2 Å². The quantitative estimate of drug-likeness (QED) is 0.483. The molecule has 1 aliphatic rings. The highest BCUT2D eigenvalue weighted by Gasteiger charge is 2.12. The molecule has 30 heavy (non-hydrogen) atoms. The molecule has 2 aromatic rings. The van der Waals surface area contributed by atoms with Crippen LogP contribution in [-0.4, -0.2) is 43.9 Å². The third-order valence-corrected chi connectivity index (χ3v) is 5.18. The van der Waals surface area contributed by atoms with Crippen LogP contribution < -0.4 is 9.47 Å². The van der Waals surface area contributed by atoms with Crippen molar-refractivity contribution in [3.63, 3.8) is 0 Å². The largest absolute Gasteiger partial charge is 0.490 e. The van der Waals surface area contributed by atoms with Gasteiger partial charge < -0.3 is 14.4 Å². The number of aryl methyl sites for hydroxylation is 2. The van der Waals surface area contributed by atoms with Gasteiger partial charge in [-0.1, -0.05) is 24.3 Å². The Bertz CT molecular complexity index is 946. The van der Waals surface area contributed by atoms with Crippen LogP contribution in [0.3, 0.4) is 0 Å². The molecule has 5 nitrogen and oxygen atoms in total. The summed E-state index contributed by atoms with van der Waals surface area (Å²) in [4.78, 5) is 25.9. The lowest BCUT2D eigenvalue weighted by Crippen LogP contribution is -2.27. The number of carbonyl (C=O) groups excluding carboxylic acids is 2. The van der Waals surface area contributed by atoms with Gasteiger partial charge in [-0.15, -0.1) is 0 Å². The second-order valence-electron chi connectivity index (χ2n) is 7.60. The van der Waals surface area contributed by atoms with E-state index in [-0.39, 0.29) is 18.3 Å². The molecule has 0 aliphatic heterocycles. The predicted molar refractivity (Wildman–Crippen MR) is 118 cm³/mol.